The molecule has 0 aromatic heterocycles. The fourth-order valence-electron chi connectivity index (χ4n) is 2.01. The van der Waals surface area contributed by atoms with Crippen LogP contribution in [0.4, 0.5) is 17.6 Å². The molecule has 1 aromatic rings. The fourth-order valence-corrected chi connectivity index (χ4v) is 2.01. The maximum absolute atomic E-state index is 12.8. The molecular weight excluding hydrogens is 250 g/mol. The number of phenolic OH excluding ortho intramolecular Hbond substituents is 1. The average Bonchev–Trinajstić information content (AvgIpc) is 2.97. The molecule has 2 N–H and O–H groups in total. The minimum absolute atomic E-state index is 0.0306. The van der Waals surface area contributed by atoms with Gasteiger partial charge in [0.1, 0.15) is 17.1 Å². The van der Waals surface area contributed by atoms with Crippen molar-refractivity contribution in [1.29, 1.82) is 0 Å². The Labute approximate surface area is 102 Å². The Hall–Kier alpha value is -1.30. The predicted molar refractivity (Wildman–Crippen MR) is 57.6 cm³/mol. The lowest BCUT2D eigenvalue weighted by atomic mass is 10.1. The van der Waals surface area contributed by atoms with Gasteiger partial charge in [-0.25, -0.2) is 4.39 Å². The molecule has 0 aliphatic heterocycles. The SMILES string of the molecule is CC(NC1(C(F)(F)F)CC1)c1ccc(F)cc1O. The molecular formula is C12H13F4NO. The second kappa shape index (κ2) is 4.12. The zero-order valence-electron chi connectivity index (χ0n) is 9.68. The molecule has 2 rings (SSSR count). The minimum atomic E-state index is -4.31. The molecule has 1 atom stereocenters. The molecule has 18 heavy (non-hydrogen) atoms. The van der Waals surface area contributed by atoms with Crippen LogP contribution in [0, 0.1) is 5.82 Å². The number of halogens is 4. The monoisotopic (exact) mass is 263 g/mol. The molecule has 6 heteroatoms. The minimum Gasteiger partial charge on any atom is -0.508 e. The maximum atomic E-state index is 12.8. The van der Waals surface area contributed by atoms with Gasteiger partial charge in [-0.15, -0.1) is 0 Å². The predicted octanol–water partition coefficient (Wildman–Crippen LogP) is 3.28. The Morgan fingerprint density at radius 3 is 2.39 bits per heavy atom. The molecule has 0 radical (unpaired) electrons. The van der Waals surface area contributed by atoms with Gasteiger partial charge in [0, 0.05) is 17.7 Å². The Morgan fingerprint density at radius 2 is 1.94 bits per heavy atom. The summed E-state index contributed by atoms with van der Waals surface area (Å²) in [5.41, 5.74) is -1.60. The van der Waals surface area contributed by atoms with E-state index in [0.717, 1.165) is 12.1 Å². The van der Waals surface area contributed by atoms with E-state index in [2.05, 4.69) is 5.32 Å². The first-order chi connectivity index (χ1) is 8.25. The number of hydrogen-bond acceptors (Lipinski definition) is 2. The van der Waals surface area contributed by atoms with Gasteiger partial charge in [-0.05, 0) is 25.8 Å². The summed E-state index contributed by atoms with van der Waals surface area (Å²) in [4.78, 5) is 0. The van der Waals surface area contributed by atoms with Crippen molar-refractivity contribution in [2.24, 2.45) is 0 Å². The van der Waals surface area contributed by atoms with E-state index in [0.29, 0.717) is 0 Å². The fraction of sp³-hybridized carbons (Fsp3) is 0.500. The average molecular weight is 263 g/mol. The van der Waals surface area contributed by atoms with Gasteiger partial charge in [-0.1, -0.05) is 6.07 Å². The van der Waals surface area contributed by atoms with Crippen molar-refractivity contribution in [3.05, 3.63) is 29.6 Å². The van der Waals surface area contributed by atoms with Crippen molar-refractivity contribution in [3.8, 4) is 5.75 Å². The van der Waals surface area contributed by atoms with E-state index in [4.69, 9.17) is 0 Å². The van der Waals surface area contributed by atoms with Gasteiger partial charge in [0.2, 0.25) is 0 Å². The molecule has 0 spiro atoms. The number of aromatic hydroxyl groups is 1. The molecule has 0 amide bonds. The van der Waals surface area contributed by atoms with E-state index in [-0.39, 0.29) is 24.2 Å². The van der Waals surface area contributed by atoms with Gasteiger partial charge in [0.25, 0.3) is 0 Å². The summed E-state index contributed by atoms with van der Waals surface area (Å²) in [6.45, 7) is 1.51. The molecule has 2 nitrogen and oxygen atoms in total. The van der Waals surface area contributed by atoms with Crippen LogP contribution >= 0.6 is 0 Å². The van der Waals surface area contributed by atoms with Gasteiger partial charge < -0.3 is 5.11 Å². The van der Waals surface area contributed by atoms with Gasteiger partial charge in [-0.3, -0.25) is 5.32 Å². The first kappa shape index (κ1) is 13.1. The molecule has 0 saturated heterocycles. The van der Waals surface area contributed by atoms with Crippen LogP contribution in [0.25, 0.3) is 0 Å². The normalized spacial score (nSPS) is 19.6. The molecule has 1 unspecified atom stereocenters. The standard InChI is InChI=1S/C12H13F4NO/c1-7(9-3-2-8(13)6-10(9)18)17-11(4-5-11)12(14,15)16/h2-3,6-7,17-18H,4-5H2,1H3. The second-order valence-electron chi connectivity index (χ2n) is 4.65. The third kappa shape index (κ3) is 2.29. The number of nitrogens with one attached hydrogen (secondary N) is 1. The first-order valence-corrected chi connectivity index (χ1v) is 5.58. The topological polar surface area (TPSA) is 32.3 Å². The summed E-state index contributed by atoms with van der Waals surface area (Å²) in [6, 6.07) is 2.59. The highest BCUT2D eigenvalue weighted by molar-refractivity contribution is 5.35. The van der Waals surface area contributed by atoms with Gasteiger partial charge in [0.05, 0.1) is 0 Å². The Bertz CT molecular complexity index is 454. The first-order valence-electron chi connectivity index (χ1n) is 5.58. The summed E-state index contributed by atoms with van der Waals surface area (Å²) in [7, 11) is 0. The van der Waals surface area contributed by atoms with Crippen molar-refractivity contribution in [2.75, 3.05) is 0 Å². The number of phenols is 1. The van der Waals surface area contributed by atoms with E-state index >= 15 is 0 Å². The van der Waals surface area contributed by atoms with E-state index in [1.165, 1.54) is 13.0 Å². The van der Waals surface area contributed by atoms with Crippen LogP contribution in [0.2, 0.25) is 0 Å². The zero-order chi connectivity index (χ0) is 13.6. The van der Waals surface area contributed by atoms with Crippen LogP contribution in [-0.2, 0) is 0 Å². The summed E-state index contributed by atoms with van der Waals surface area (Å²) in [5.74, 6) is -0.964. The highest BCUT2D eigenvalue weighted by atomic mass is 19.4. The van der Waals surface area contributed by atoms with Crippen molar-refractivity contribution in [2.45, 2.75) is 37.5 Å². The Kier molecular flexibility index (Phi) is 3.01. The van der Waals surface area contributed by atoms with Crippen molar-refractivity contribution in [3.63, 3.8) is 0 Å². The van der Waals surface area contributed by atoms with Gasteiger partial charge >= 0.3 is 6.18 Å². The summed E-state index contributed by atoms with van der Waals surface area (Å²) >= 11 is 0. The molecule has 1 fully saturated rings. The maximum Gasteiger partial charge on any atom is 0.406 e. The van der Waals surface area contributed by atoms with E-state index < -0.39 is 23.6 Å². The van der Waals surface area contributed by atoms with Crippen molar-refractivity contribution < 1.29 is 22.7 Å². The van der Waals surface area contributed by atoms with Gasteiger partial charge in [-0.2, -0.15) is 13.2 Å². The van der Waals surface area contributed by atoms with E-state index in [9.17, 15) is 22.7 Å². The smallest absolute Gasteiger partial charge is 0.406 e. The van der Waals surface area contributed by atoms with Crippen molar-refractivity contribution in [1.82, 2.24) is 5.32 Å². The van der Waals surface area contributed by atoms with Crippen LogP contribution in [0.1, 0.15) is 31.4 Å². The third-order valence-corrected chi connectivity index (χ3v) is 3.24. The quantitative estimate of drug-likeness (QED) is 0.820. The molecule has 1 aliphatic carbocycles. The summed E-state index contributed by atoms with van der Waals surface area (Å²) in [6.07, 6.45) is -4.25. The summed E-state index contributed by atoms with van der Waals surface area (Å²) in [5, 5.41) is 12.0. The number of benzene rings is 1. The van der Waals surface area contributed by atoms with E-state index in [1.807, 2.05) is 0 Å². The molecule has 0 heterocycles. The van der Waals surface area contributed by atoms with Crippen molar-refractivity contribution >= 4 is 0 Å². The van der Waals surface area contributed by atoms with Crippen LogP contribution in [0.3, 0.4) is 0 Å². The van der Waals surface area contributed by atoms with E-state index in [1.54, 1.807) is 0 Å². The van der Waals surface area contributed by atoms with Crippen LogP contribution in [-0.4, -0.2) is 16.8 Å². The molecule has 1 aliphatic rings. The highest BCUT2D eigenvalue weighted by Gasteiger charge is 2.63. The highest BCUT2D eigenvalue weighted by Crippen LogP contribution is 2.50. The Balaban J connectivity index is 2.16. The van der Waals surface area contributed by atoms with Gasteiger partial charge in [0.15, 0.2) is 0 Å². The molecule has 0 bridgehead atoms. The zero-order valence-corrected chi connectivity index (χ0v) is 9.68. The Morgan fingerprint density at radius 1 is 1.33 bits per heavy atom. The van der Waals surface area contributed by atoms with Crippen LogP contribution < -0.4 is 5.32 Å². The number of hydrogen-bond donors (Lipinski definition) is 2. The lowest BCUT2D eigenvalue weighted by Crippen LogP contribution is -2.45. The molecule has 1 aromatic carbocycles. The lowest BCUT2D eigenvalue weighted by molar-refractivity contribution is -0.167. The number of rotatable bonds is 3. The largest absolute Gasteiger partial charge is 0.508 e. The molecule has 100 valence electrons. The second-order valence-corrected chi connectivity index (χ2v) is 4.65. The number of alkyl halides is 3. The third-order valence-electron chi connectivity index (χ3n) is 3.24. The lowest BCUT2D eigenvalue weighted by Gasteiger charge is -2.25. The van der Waals surface area contributed by atoms with Crippen LogP contribution in [0.15, 0.2) is 18.2 Å². The summed E-state index contributed by atoms with van der Waals surface area (Å²) < 4.78 is 51.0. The van der Waals surface area contributed by atoms with Crippen LogP contribution in [0.5, 0.6) is 5.75 Å². The molecule has 1 saturated carbocycles.